The van der Waals surface area contributed by atoms with Gasteiger partial charge in [-0.1, -0.05) is 48.5 Å². The summed E-state index contributed by atoms with van der Waals surface area (Å²) in [6.07, 6.45) is 5.13. The van der Waals surface area contributed by atoms with Crippen molar-refractivity contribution >= 4 is 39.2 Å². The third-order valence-electron chi connectivity index (χ3n) is 7.56. The maximum Gasteiger partial charge on any atom is 0.271 e. The number of fused-ring (bicyclic) bond motifs is 3. The van der Waals surface area contributed by atoms with Crippen molar-refractivity contribution in [3.63, 3.8) is 0 Å². The van der Waals surface area contributed by atoms with Gasteiger partial charge in [-0.2, -0.15) is 0 Å². The van der Waals surface area contributed by atoms with Crippen molar-refractivity contribution in [3.8, 4) is 5.75 Å². The molecular formula is C31H29N5O4. The molecule has 0 radical (unpaired) electrons. The zero-order valence-electron chi connectivity index (χ0n) is 22.1. The van der Waals surface area contributed by atoms with Crippen LogP contribution in [0.2, 0.25) is 0 Å². The predicted octanol–water partition coefficient (Wildman–Crippen LogP) is 4.17. The van der Waals surface area contributed by atoms with Crippen LogP contribution in [0.25, 0.3) is 21.8 Å². The summed E-state index contributed by atoms with van der Waals surface area (Å²) in [5.41, 5.74) is 2.56. The molecule has 0 bridgehead atoms. The van der Waals surface area contributed by atoms with Crippen LogP contribution in [0, 0.1) is 0 Å². The smallest absolute Gasteiger partial charge is 0.271 e. The third kappa shape index (κ3) is 4.59. The molecule has 9 nitrogen and oxygen atoms in total. The van der Waals surface area contributed by atoms with Crippen molar-refractivity contribution in [2.24, 2.45) is 0 Å². The molecule has 40 heavy (non-hydrogen) atoms. The lowest BCUT2D eigenvalue weighted by Crippen LogP contribution is -2.44. The molecule has 0 saturated carbocycles. The number of pyridine rings is 2. The van der Waals surface area contributed by atoms with E-state index in [0.29, 0.717) is 16.6 Å². The molecule has 9 heteroatoms. The van der Waals surface area contributed by atoms with Crippen LogP contribution in [0.1, 0.15) is 33.7 Å². The van der Waals surface area contributed by atoms with Gasteiger partial charge in [0.25, 0.3) is 11.5 Å². The number of Topliss-reactive ketones (excluding diaryl/α,β-unsaturated/α-hetero) is 1. The van der Waals surface area contributed by atoms with Crippen LogP contribution in [0.4, 0.5) is 5.69 Å². The molecule has 1 aliphatic rings. The first kappa shape index (κ1) is 25.4. The van der Waals surface area contributed by atoms with E-state index in [-0.39, 0.29) is 41.1 Å². The number of ether oxygens (including phenoxy) is 1. The quantitative estimate of drug-likeness (QED) is 0.303. The summed E-state index contributed by atoms with van der Waals surface area (Å²) in [6, 6.07) is 20.2. The zero-order valence-corrected chi connectivity index (χ0v) is 22.1. The van der Waals surface area contributed by atoms with Crippen molar-refractivity contribution < 1.29 is 14.3 Å². The average Bonchev–Trinajstić information content (AvgIpc) is 3.41. The number of carbonyl (C=O) groups is 2. The minimum Gasteiger partial charge on any atom is -0.493 e. The number of carbonyl (C=O) groups excluding carboxylic acids is 2. The van der Waals surface area contributed by atoms with Gasteiger partial charge in [0.05, 0.1) is 24.7 Å². The van der Waals surface area contributed by atoms with E-state index < -0.39 is 5.56 Å². The van der Waals surface area contributed by atoms with E-state index >= 15 is 0 Å². The Kier molecular flexibility index (Phi) is 6.77. The molecule has 3 aromatic heterocycles. The van der Waals surface area contributed by atoms with E-state index in [1.165, 1.54) is 11.7 Å². The Morgan fingerprint density at radius 2 is 1.70 bits per heavy atom. The Balaban J connectivity index is 1.32. The van der Waals surface area contributed by atoms with Gasteiger partial charge in [-0.15, -0.1) is 0 Å². The number of rotatable bonds is 7. The summed E-state index contributed by atoms with van der Waals surface area (Å²) in [4.78, 5) is 50.0. The number of H-pyrrole nitrogens is 1. The Bertz CT molecular complexity index is 1750. The maximum atomic E-state index is 13.9. The molecule has 0 spiro atoms. The summed E-state index contributed by atoms with van der Waals surface area (Å²) in [7, 11) is 1.45. The Labute approximate surface area is 230 Å². The number of ketones is 1. The molecule has 1 saturated heterocycles. The number of piperidine rings is 1. The number of nitrogens with zero attached hydrogens (tertiary/aromatic N) is 3. The first-order chi connectivity index (χ1) is 19.5. The monoisotopic (exact) mass is 535 g/mol. The summed E-state index contributed by atoms with van der Waals surface area (Å²) in [5.74, 6) is -0.332. The van der Waals surface area contributed by atoms with Crippen LogP contribution in [0.15, 0.2) is 83.9 Å². The summed E-state index contributed by atoms with van der Waals surface area (Å²) in [6.45, 7) is 1.48. The highest BCUT2D eigenvalue weighted by molar-refractivity contribution is 6.11. The van der Waals surface area contributed by atoms with E-state index in [1.54, 1.807) is 42.7 Å². The number of nitrogens with one attached hydrogen (secondary N) is 2. The molecule has 0 atom stereocenters. The molecule has 0 unspecified atom stereocenters. The van der Waals surface area contributed by atoms with Gasteiger partial charge < -0.3 is 19.9 Å². The van der Waals surface area contributed by atoms with Crippen LogP contribution in [-0.4, -0.2) is 52.5 Å². The number of aromatic nitrogens is 3. The first-order valence-electron chi connectivity index (χ1n) is 13.3. The molecule has 2 aromatic carbocycles. The lowest BCUT2D eigenvalue weighted by Gasteiger charge is -2.33. The number of methoxy groups -OCH3 is 1. The molecule has 1 fully saturated rings. The number of hydrogen-bond donors (Lipinski definition) is 2. The number of amides is 1. The standard InChI is InChI=1S/C31H29N5O4/c1-40-29-26-27(34-28(29)30(38)33-21-13-17-35(18-14-21)22-11-15-32-16-12-22)23-9-5-6-10-24(23)36(31(26)39)19-25(37)20-7-3-2-4-8-20/h2-12,15-16,21,34H,13-14,17-19H2,1H3,(H,33,38). The SMILES string of the molecule is COc1c(C(=O)NC2CCN(c3ccncc3)CC2)[nH]c2c1c(=O)n(CC(=O)c1ccccc1)c1ccccc21. The van der Waals surface area contributed by atoms with Crippen molar-refractivity contribution in [2.45, 2.75) is 25.4 Å². The summed E-state index contributed by atoms with van der Waals surface area (Å²) < 4.78 is 7.11. The Morgan fingerprint density at radius 1 is 1.00 bits per heavy atom. The van der Waals surface area contributed by atoms with Gasteiger partial charge >= 0.3 is 0 Å². The molecule has 5 aromatic rings. The Hall–Kier alpha value is -4.92. The van der Waals surface area contributed by atoms with Crippen LogP contribution in [0.5, 0.6) is 5.75 Å². The fourth-order valence-corrected chi connectivity index (χ4v) is 5.53. The van der Waals surface area contributed by atoms with Gasteiger partial charge in [0.1, 0.15) is 11.1 Å². The number of hydrogen-bond acceptors (Lipinski definition) is 6. The fraction of sp³-hybridized carbons (Fsp3) is 0.226. The predicted molar refractivity (Wildman–Crippen MR) is 154 cm³/mol. The average molecular weight is 536 g/mol. The molecular weight excluding hydrogens is 506 g/mol. The van der Waals surface area contributed by atoms with E-state index in [9.17, 15) is 14.4 Å². The minimum absolute atomic E-state index is 0.0152. The van der Waals surface area contributed by atoms with Crippen LogP contribution in [0.3, 0.4) is 0 Å². The lowest BCUT2D eigenvalue weighted by atomic mass is 10.0. The van der Waals surface area contributed by atoms with Crippen LogP contribution in [-0.2, 0) is 6.54 Å². The van der Waals surface area contributed by atoms with Gasteiger partial charge in [-0.25, -0.2) is 0 Å². The topological polar surface area (TPSA) is 109 Å². The third-order valence-corrected chi connectivity index (χ3v) is 7.56. The number of benzene rings is 2. The van der Waals surface area contributed by atoms with E-state index in [4.69, 9.17) is 4.74 Å². The normalized spacial score (nSPS) is 14.0. The van der Waals surface area contributed by atoms with Crippen molar-refractivity contribution in [3.05, 3.63) is 101 Å². The van der Waals surface area contributed by atoms with E-state index in [2.05, 4.69) is 20.2 Å². The molecule has 1 aliphatic heterocycles. The highest BCUT2D eigenvalue weighted by Crippen LogP contribution is 2.32. The second kappa shape index (κ2) is 10.7. The second-order valence-electron chi connectivity index (χ2n) is 9.92. The van der Waals surface area contributed by atoms with Crippen molar-refractivity contribution in [1.29, 1.82) is 0 Å². The number of anilines is 1. The maximum absolute atomic E-state index is 13.9. The molecule has 6 rings (SSSR count). The molecule has 2 N–H and O–H groups in total. The van der Waals surface area contributed by atoms with Gasteiger partial charge in [-0.3, -0.25) is 23.9 Å². The van der Waals surface area contributed by atoms with Crippen LogP contribution < -0.4 is 20.5 Å². The Morgan fingerprint density at radius 3 is 2.42 bits per heavy atom. The lowest BCUT2D eigenvalue weighted by molar-refractivity contribution is 0.0922. The molecule has 202 valence electrons. The van der Waals surface area contributed by atoms with Gasteiger partial charge in [0, 0.05) is 48.2 Å². The van der Waals surface area contributed by atoms with Crippen LogP contribution >= 0.6 is 0 Å². The van der Waals surface area contributed by atoms with Gasteiger partial charge in [0.15, 0.2) is 11.5 Å². The fourth-order valence-electron chi connectivity index (χ4n) is 5.53. The van der Waals surface area contributed by atoms with Crippen molar-refractivity contribution in [2.75, 3.05) is 25.1 Å². The first-order valence-corrected chi connectivity index (χ1v) is 13.3. The summed E-state index contributed by atoms with van der Waals surface area (Å²) in [5, 5.41) is 4.10. The second-order valence-corrected chi connectivity index (χ2v) is 9.92. The highest BCUT2D eigenvalue weighted by atomic mass is 16.5. The summed E-state index contributed by atoms with van der Waals surface area (Å²) >= 11 is 0. The van der Waals surface area contributed by atoms with E-state index in [1.807, 2.05) is 36.4 Å². The highest BCUT2D eigenvalue weighted by Gasteiger charge is 2.27. The van der Waals surface area contributed by atoms with Gasteiger partial charge in [-0.05, 0) is 31.0 Å². The van der Waals surface area contributed by atoms with E-state index in [0.717, 1.165) is 37.0 Å². The van der Waals surface area contributed by atoms with Crippen molar-refractivity contribution in [1.82, 2.24) is 19.9 Å². The van der Waals surface area contributed by atoms with Gasteiger partial charge in [0.2, 0.25) is 0 Å². The number of para-hydroxylation sites is 1. The molecule has 0 aliphatic carbocycles. The zero-order chi connectivity index (χ0) is 27.6. The largest absolute Gasteiger partial charge is 0.493 e. The molecule has 1 amide bonds. The number of aromatic amines is 1. The molecule has 4 heterocycles. The minimum atomic E-state index is -0.393.